The van der Waals surface area contributed by atoms with E-state index in [1.54, 1.807) is 7.05 Å². The Balaban J connectivity index is 1.50. The molecule has 4 rings (SSSR count). The first kappa shape index (κ1) is 33.7. The summed E-state index contributed by atoms with van der Waals surface area (Å²) >= 11 is 0.774. The second-order valence-corrected chi connectivity index (χ2v) is 13.1. The third-order valence-corrected chi connectivity index (χ3v) is 9.29. The van der Waals surface area contributed by atoms with Gasteiger partial charge in [0, 0.05) is 64.9 Å². The van der Waals surface area contributed by atoms with Gasteiger partial charge in [-0.15, -0.1) is 0 Å². The Bertz CT molecular complexity index is 1450. The number of hydrogen-bond acceptors (Lipinski definition) is 7. The third-order valence-electron chi connectivity index (χ3n) is 8.83. The van der Waals surface area contributed by atoms with Crippen molar-refractivity contribution in [1.82, 2.24) is 5.06 Å². The van der Waals surface area contributed by atoms with Crippen molar-refractivity contribution in [2.24, 2.45) is 16.1 Å². The smallest absolute Gasteiger partial charge is 0.282 e. The summed E-state index contributed by atoms with van der Waals surface area (Å²) in [5, 5.41) is 1.27. The number of nitrogens with one attached hydrogen (secondary N) is 1. The molecular weight excluding hydrogens is 570 g/mol. The molecule has 0 saturated carbocycles. The van der Waals surface area contributed by atoms with E-state index in [4.69, 9.17) is 15.6 Å². The topological polar surface area (TPSA) is 95.8 Å². The highest BCUT2D eigenvalue weighted by molar-refractivity contribution is 7.93. The number of allylic oxidation sites excluding steroid dienone is 8. The van der Waals surface area contributed by atoms with Crippen LogP contribution in [0.5, 0.6) is 0 Å². The Morgan fingerprint density at radius 1 is 1.18 bits per heavy atom. The summed E-state index contributed by atoms with van der Waals surface area (Å²) in [6.07, 6.45) is 20.5. The molecule has 0 saturated heterocycles. The number of fused-ring (bicyclic) bond motifs is 2. The standard InChI is InChI=1S/C35H47N5O3S/c1-8-9-20-39-24-25(33(41)38(6)43-7)22-28-32(39)37-30(34(28,2)3)15-13-11-10-12-14-16-31-35(4,5)27-23-26(44-42)17-18-29(27)40(31)21-19-36/h10-18,22-24,32,42H,8-9,19-21,36H2,1-7H3/p+1/b11-10+,14-12+,15-13+,31-16+. The number of unbranched alkanes of at least 4 members (excludes halogenated alkanes) is 1. The molecule has 0 aliphatic carbocycles. The third kappa shape index (κ3) is 6.72. The molecule has 2 unspecified atom stereocenters. The zero-order valence-electron chi connectivity index (χ0n) is 27.1. The summed E-state index contributed by atoms with van der Waals surface area (Å²) < 4.78 is 9.58. The van der Waals surface area contributed by atoms with Crippen LogP contribution in [0.3, 0.4) is 0 Å². The van der Waals surface area contributed by atoms with Crippen LogP contribution in [0.25, 0.3) is 0 Å². The molecule has 0 radical (unpaired) electrons. The van der Waals surface area contributed by atoms with Gasteiger partial charge in [0.25, 0.3) is 5.91 Å². The Morgan fingerprint density at radius 3 is 2.59 bits per heavy atom. The molecule has 1 aromatic carbocycles. The summed E-state index contributed by atoms with van der Waals surface area (Å²) in [6.45, 7) is 13.1. The fraction of sp³-hybridized carbons (Fsp3) is 0.429. The number of aliphatic imine (C=N–C) groups is 1. The van der Waals surface area contributed by atoms with Gasteiger partial charge < -0.3 is 15.2 Å². The van der Waals surface area contributed by atoms with Gasteiger partial charge in [0.05, 0.1) is 24.9 Å². The molecule has 44 heavy (non-hydrogen) atoms. The molecular formula is C35H48N5O3S+. The largest absolute Gasteiger partial charge is 0.343 e. The van der Waals surface area contributed by atoms with Crippen molar-refractivity contribution in [3.8, 4) is 0 Å². The van der Waals surface area contributed by atoms with Gasteiger partial charge in [-0.25, -0.2) is 10.1 Å². The number of amides is 1. The summed E-state index contributed by atoms with van der Waals surface area (Å²) in [4.78, 5) is 27.6. The average Bonchev–Trinajstić information content (AvgIpc) is 3.39. The highest BCUT2D eigenvalue weighted by atomic mass is 32.2. The molecule has 2 atom stereocenters. The fourth-order valence-corrected chi connectivity index (χ4v) is 6.49. The first-order valence-electron chi connectivity index (χ1n) is 15.4. The first-order chi connectivity index (χ1) is 21.0. The van der Waals surface area contributed by atoms with Crippen LogP contribution >= 0.6 is 12.0 Å². The number of hydroxylamine groups is 2. The maximum atomic E-state index is 13.0. The van der Waals surface area contributed by atoms with Crippen molar-refractivity contribution < 1.29 is 19.1 Å². The summed E-state index contributed by atoms with van der Waals surface area (Å²) in [5.74, 6) is -0.151. The van der Waals surface area contributed by atoms with E-state index in [-0.39, 0.29) is 22.9 Å². The summed E-state index contributed by atoms with van der Waals surface area (Å²) in [7, 11) is 3.14. The number of anilines is 1. The number of quaternary nitrogens is 1. The summed E-state index contributed by atoms with van der Waals surface area (Å²) in [6, 6.07) is 6.07. The van der Waals surface area contributed by atoms with Crippen LogP contribution in [0.15, 0.2) is 99.7 Å². The van der Waals surface area contributed by atoms with E-state index in [1.807, 2.05) is 42.6 Å². The molecule has 3 aliphatic rings. The van der Waals surface area contributed by atoms with Gasteiger partial charge in [0.2, 0.25) is 6.17 Å². The molecule has 8 nitrogen and oxygen atoms in total. The van der Waals surface area contributed by atoms with Gasteiger partial charge in [-0.3, -0.25) is 14.5 Å². The van der Waals surface area contributed by atoms with Crippen LogP contribution in [0.4, 0.5) is 5.69 Å². The number of nitrogens with zero attached hydrogens (tertiary/aromatic N) is 3. The summed E-state index contributed by atoms with van der Waals surface area (Å²) in [5.41, 5.74) is 11.8. The lowest BCUT2D eigenvalue weighted by Gasteiger charge is -2.30. The van der Waals surface area contributed by atoms with Gasteiger partial charge in [-0.1, -0.05) is 71.4 Å². The van der Waals surface area contributed by atoms with Crippen molar-refractivity contribution in [3.05, 3.63) is 95.4 Å². The molecule has 3 heterocycles. The van der Waals surface area contributed by atoms with E-state index in [9.17, 15) is 9.35 Å². The van der Waals surface area contributed by atoms with Crippen LogP contribution in [-0.2, 0) is 15.0 Å². The second-order valence-electron chi connectivity index (χ2n) is 12.4. The van der Waals surface area contributed by atoms with E-state index in [2.05, 4.69) is 69.9 Å². The van der Waals surface area contributed by atoms with E-state index >= 15 is 0 Å². The van der Waals surface area contributed by atoms with Crippen LogP contribution in [0.1, 0.15) is 53.0 Å². The molecule has 236 valence electrons. The van der Waals surface area contributed by atoms with Crippen molar-refractivity contribution in [2.75, 3.05) is 38.7 Å². The van der Waals surface area contributed by atoms with Crippen molar-refractivity contribution >= 4 is 29.3 Å². The van der Waals surface area contributed by atoms with Crippen LogP contribution in [0, 0.1) is 5.41 Å². The molecule has 0 spiro atoms. The van der Waals surface area contributed by atoms with Crippen molar-refractivity contribution in [2.45, 2.75) is 63.9 Å². The number of rotatable bonds is 12. The maximum Gasteiger partial charge on any atom is 0.282 e. The molecule has 0 aromatic heterocycles. The fourth-order valence-electron chi connectivity index (χ4n) is 6.19. The number of benzene rings is 1. The molecule has 4 N–H and O–H groups in total. The van der Waals surface area contributed by atoms with Gasteiger partial charge in [-0.2, -0.15) is 0 Å². The quantitative estimate of drug-likeness (QED) is 0.169. The zero-order valence-corrected chi connectivity index (χ0v) is 27.9. The highest BCUT2D eigenvalue weighted by Gasteiger charge is 2.46. The lowest BCUT2D eigenvalue weighted by Crippen LogP contribution is -3.12. The van der Waals surface area contributed by atoms with Gasteiger partial charge in [-0.05, 0) is 48.4 Å². The van der Waals surface area contributed by atoms with Crippen LogP contribution in [-0.4, -0.2) is 61.2 Å². The molecule has 3 aliphatic heterocycles. The molecule has 1 aromatic rings. The Morgan fingerprint density at radius 2 is 1.91 bits per heavy atom. The molecule has 1 amide bonds. The predicted molar refractivity (Wildman–Crippen MR) is 182 cm³/mol. The minimum absolute atomic E-state index is 0.0292. The Kier molecular flexibility index (Phi) is 10.9. The van der Waals surface area contributed by atoms with Gasteiger partial charge in [0.15, 0.2) is 0 Å². The Labute approximate surface area is 267 Å². The van der Waals surface area contributed by atoms with E-state index < -0.39 is 0 Å². The minimum Gasteiger partial charge on any atom is -0.343 e. The SMILES string of the molecule is CCCC[NH+]1C=C(C(=O)N(C)OC)C=C2C1N=C(/C=C/C=C/C=C/C=C1/N(CCN)c3ccc(SO)cc3C1(C)C)C2(C)C. The van der Waals surface area contributed by atoms with Crippen LogP contribution in [0.2, 0.25) is 0 Å². The van der Waals surface area contributed by atoms with Crippen LogP contribution < -0.4 is 15.5 Å². The van der Waals surface area contributed by atoms with Gasteiger partial charge >= 0.3 is 0 Å². The number of nitrogens with two attached hydrogens (primary N) is 1. The van der Waals surface area contributed by atoms with E-state index in [0.717, 1.165) is 59.8 Å². The van der Waals surface area contributed by atoms with Crippen molar-refractivity contribution in [3.63, 3.8) is 0 Å². The normalized spacial score (nSPS) is 23.0. The average molecular weight is 619 g/mol. The number of hydrogen-bond donors (Lipinski definition) is 3. The second kappa shape index (κ2) is 14.3. The van der Waals surface area contributed by atoms with E-state index in [0.29, 0.717) is 12.1 Å². The molecule has 0 fully saturated rings. The zero-order chi connectivity index (χ0) is 32.1. The van der Waals surface area contributed by atoms with Crippen molar-refractivity contribution in [1.29, 1.82) is 0 Å². The van der Waals surface area contributed by atoms with Gasteiger partial charge in [0.1, 0.15) is 6.20 Å². The molecule has 0 bridgehead atoms. The van der Waals surface area contributed by atoms with E-state index in [1.165, 1.54) is 28.3 Å². The Hall–Kier alpha value is -3.21. The predicted octanol–water partition coefficient (Wildman–Crippen LogP) is 5.20. The number of carbonyl (C=O) groups excluding carboxylic acids is 1. The number of carbonyl (C=O) groups is 1. The lowest BCUT2D eigenvalue weighted by atomic mass is 9.78. The molecule has 9 heteroatoms. The monoisotopic (exact) mass is 618 g/mol. The number of likely N-dealkylation sites (N-methyl/N-ethyl adjacent to an activating group) is 1. The maximum absolute atomic E-state index is 13.0. The minimum atomic E-state index is -0.304. The highest BCUT2D eigenvalue weighted by Crippen LogP contribution is 2.48. The lowest BCUT2D eigenvalue weighted by molar-refractivity contribution is -0.868. The first-order valence-corrected chi connectivity index (χ1v) is 16.1.